The van der Waals surface area contributed by atoms with Gasteiger partial charge in [-0.2, -0.15) is 0 Å². The Morgan fingerprint density at radius 3 is 2.71 bits per heavy atom. The van der Waals surface area contributed by atoms with E-state index in [0.717, 1.165) is 10.4 Å². The molecule has 0 bridgehead atoms. The number of hydrogen-bond acceptors (Lipinski definition) is 4. The van der Waals surface area contributed by atoms with Crippen LogP contribution in [0, 0.1) is 0 Å². The summed E-state index contributed by atoms with van der Waals surface area (Å²) in [5.74, 6) is 0.752. The molecule has 2 aromatic carbocycles. The molecule has 1 aromatic heterocycles. The van der Waals surface area contributed by atoms with Crippen LogP contribution >= 0.6 is 0 Å². The maximum Gasteiger partial charge on any atom is 0.347 e. The number of para-hydroxylation sites is 1. The molecular formula is C20H17NO3. The summed E-state index contributed by atoms with van der Waals surface area (Å²) in [7, 11) is 1.55. The van der Waals surface area contributed by atoms with Gasteiger partial charge in [0.05, 0.1) is 12.5 Å². The fraction of sp³-hybridized carbons (Fsp3) is 0.100. The molecule has 3 rings (SSSR count). The summed E-state index contributed by atoms with van der Waals surface area (Å²) in [4.78, 5) is 16.9. The molecule has 0 atom stereocenters. The molecule has 4 heteroatoms. The molecular weight excluding hydrogens is 302 g/mol. The van der Waals surface area contributed by atoms with Crippen LogP contribution in [-0.2, 0) is 0 Å². The minimum Gasteiger partial charge on any atom is -0.494 e. The molecule has 0 aliphatic rings. The highest BCUT2D eigenvalue weighted by Crippen LogP contribution is 2.22. The Kier molecular flexibility index (Phi) is 4.29. The quantitative estimate of drug-likeness (QED) is 0.744. The van der Waals surface area contributed by atoms with Crippen molar-refractivity contribution in [3.63, 3.8) is 0 Å². The van der Waals surface area contributed by atoms with Crippen LogP contribution in [0.1, 0.15) is 12.8 Å². The zero-order valence-corrected chi connectivity index (χ0v) is 13.6. The van der Waals surface area contributed by atoms with Crippen molar-refractivity contribution in [3.8, 4) is 5.75 Å². The smallest absolute Gasteiger partial charge is 0.347 e. The van der Waals surface area contributed by atoms with E-state index >= 15 is 0 Å². The molecule has 0 aliphatic heterocycles. The van der Waals surface area contributed by atoms with E-state index in [0.29, 0.717) is 22.2 Å². The van der Waals surface area contributed by atoms with Crippen molar-refractivity contribution in [1.82, 2.24) is 4.98 Å². The monoisotopic (exact) mass is 319 g/mol. The molecule has 120 valence electrons. The summed E-state index contributed by atoms with van der Waals surface area (Å²) >= 11 is 0. The number of nitrogens with zero attached hydrogens (tertiary/aromatic N) is 1. The van der Waals surface area contributed by atoms with Gasteiger partial charge in [0.15, 0.2) is 0 Å². The van der Waals surface area contributed by atoms with E-state index in [4.69, 9.17) is 9.15 Å². The Morgan fingerprint density at radius 1 is 1.21 bits per heavy atom. The zero-order valence-electron chi connectivity index (χ0n) is 13.6. The third-order valence-corrected chi connectivity index (χ3v) is 3.84. The van der Waals surface area contributed by atoms with Crippen LogP contribution in [0.5, 0.6) is 5.75 Å². The van der Waals surface area contributed by atoms with Crippen molar-refractivity contribution >= 4 is 22.6 Å². The zero-order chi connectivity index (χ0) is 17.1. The fourth-order valence-corrected chi connectivity index (χ4v) is 2.66. The van der Waals surface area contributed by atoms with E-state index < -0.39 is 5.63 Å². The highest BCUT2D eigenvalue weighted by atomic mass is 16.5. The SMILES string of the molecule is C=C/C(c1nc2c(OC)cccc2c(=O)o1)=c1/cccc/c1=C/C. The predicted octanol–water partition coefficient (Wildman–Crippen LogP) is 2.38. The Morgan fingerprint density at radius 2 is 2.00 bits per heavy atom. The Balaban J connectivity index is 2.45. The van der Waals surface area contributed by atoms with Crippen molar-refractivity contribution in [2.75, 3.05) is 7.11 Å². The normalized spacial score (nSPS) is 13.0. The Bertz CT molecular complexity index is 1090. The molecule has 0 saturated carbocycles. The highest BCUT2D eigenvalue weighted by Gasteiger charge is 2.13. The van der Waals surface area contributed by atoms with Crippen LogP contribution in [0.3, 0.4) is 0 Å². The summed E-state index contributed by atoms with van der Waals surface area (Å²) < 4.78 is 10.8. The van der Waals surface area contributed by atoms with Gasteiger partial charge >= 0.3 is 5.63 Å². The molecule has 0 amide bonds. The largest absolute Gasteiger partial charge is 0.494 e. The van der Waals surface area contributed by atoms with E-state index in [2.05, 4.69) is 11.6 Å². The lowest BCUT2D eigenvalue weighted by Gasteiger charge is -2.06. The van der Waals surface area contributed by atoms with E-state index in [1.165, 1.54) is 0 Å². The number of methoxy groups -OCH3 is 1. The third kappa shape index (κ3) is 2.63. The lowest BCUT2D eigenvalue weighted by atomic mass is 10.1. The summed E-state index contributed by atoms with van der Waals surface area (Å²) in [5.41, 5.74) is 0.684. The summed E-state index contributed by atoms with van der Waals surface area (Å²) in [6.45, 7) is 5.81. The molecule has 0 saturated heterocycles. The molecule has 4 nitrogen and oxygen atoms in total. The number of fused-ring (bicyclic) bond motifs is 1. The number of ether oxygens (including phenoxy) is 1. The van der Waals surface area contributed by atoms with Gasteiger partial charge in [0.2, 0.25) is 5.89 Å². The molecule has 0 aliphatic carbocycles. The van der Waals surface area contributed by atoms with Crippen molar-refractivity contribution in [3.05, 3.63) is 81.9 Å². The second kappa shape index (κ2) is 6.54. The van der Waals surface area contributed by atoms with Crippen LogP contribution in [0.15, 0.2) is 64.3 Å². The van der Waals surface area contributed by atoms with Crippen molar-refractivity contribution < 1.29 is 9.15 Å². The van der Waals surface area contributed by atoms with Gasteiger partial charge in [-0.3, -0.25) is 0 Å². The second-order valence-electron chi connectivity index (χ2n) is 5.16. The number of allylic oxidation sites excluding steroid dienone is 1. The summed E-state index contributed by atoms with van der Waals surface area (Å²) in [6, 6.07) is 13.0. The number of benzene rings is 2. The van der Waals surface area contributed by atoms with E-state index in [1.807, 2.05) is 37.3 Å². The average molecular weight is 319 g/mol. The van der Waals surface area contributed by atoms with Crippen LogP contribution in [-0.4, -0.2) is 12.1 Å². The molecule has 24 heavy (non-hydrogen) atoms. The first-order valence-corrected chi connectivity index (χ1v) is 7.56. The standard InChI is InChI=1S/C20H17NO3/c1-4-13-9-6-7-10-15(13)14(5-2)19-21-18-16(20(22)24-19)11-8-12-17(18)23-3/h4-12H,2H2,1,3H3/b13-4-,15-14+. The molecule has 3 aromatic rings. The minimum absolute atomic E-state index is 0.223. The number of aromatic nitrogens is 1. The van der Waals surface area contributed by atoms with Crippen LogP contribution in [0.2, 0.25) is 0 Å². The Labute approximate surface area is 139 Å². The van der Waals surface area contributed by atoms with Gasteiger partial charge in [0.1, 0.15) is 11.3 Å². The van der Waals surface area contributed by atoms with Crippen LogP contribution in [0.4, 0.5) is 0 Å². The predicted molar refractivity (Wildman–Crippen MR) is 95.4 cm³/mol. The first kappa shape index (κ1) is 15.7. The van der Waals surface area contributed by atoms with Gasteiger partial charge in [-0.05, 0) is 29.5 Å². The van der Waals surface area contributed by atoms with Crippen molar-refractivity contribution in [2.45, 2.75) is 6.92 Å². The Hall–Kier alpha value is -3.14. The highest BCUT2D eigenvalue weighted by molar-refractivity contribution is 5.84. The molecule has 0 fully saturated rings. The lowest BCUT2D eigenvalue weighted by molar-refractivity contribution is 0.416. The van der Waals surface area contributed by atoms with Crippen molar-refractivity contribution in [2.24, 2.45) is 0 Å². The van der Waals surface area contributed by atoms with E-state index in [1.54, 1.807) is 31.4 Å². The third-order valence-electron chi connectivity index (χ3n) is 3.84. The van der Waals surface area contributed by atoms with Gasteiger partial charge in [0, 0.05) is 5.57 Å². The molecule has 1 heterocycles. The van der Waals surface area contributed by atoms with Gasteiger partial charge in [-0.15, -0.1) is 0 Å². The maximum atomic E-state index is 12.4. The number of hydrogen-bond donors (Lipinski definition) is 0. The lowest BCUT2D eigenvalue weighted by Crippen LogP contribution is -2.26. The summed E-state index contributed by atoms with van der Waals surface area (Å²) in [6.07, 6.45) is 3.63. The first-order valence-electron chi connectivity index (χ1n) is 7.56. The van der Waals surface area contributed by atoms with Gasteiger partial charge in [-0.1, -0.05) is 49.1 Å². The molecule has 0 unspecified atom stereocenters. The topological polar surface area (TPSA) is 52.3 Å². The molecule has 0 radical (unpaired) electrons. The molecule has 0 spiro atoms. The van der Waals surface area contributed by atoms with Crippen molar-refractivity contribution in [1.29, 1.82) is 0 Å². The second-order valence-corrected chi connectivity index (χ2v) is 5.16. The van der Waals surface area contributed by atoms with Crippen LogP contribution < -0.4 is 20.8 Å². The van der Waals surface area contributed by atoms with Gasteiger partial charge in [-0.25, -0.2) is 9.78 Å². The van der Waals surface area contributed by atoms with Gasteiger partial charge < -0.3 is 9.15 Å². The number of rotatable bonds is 3. The van der Waals surface area contributed by atoms with E-state index in [9.17, 15) is 4.79 Å². The first-order chi connectivity index (χ1) is 11.7. The fourth-order valence-electron chi connectivity index (χ4n) is 2.66. The minimum atomic E-state index is -0.453. The van der Waals surface area contributed by atoms with Gasteiger partial charge in [0.25, 0.3) is 0 Å². The molecule has 0 N–H and O–H groups in total. The summed E-state index contributed by atoms with van der Waals surface area (Å²) in [5, 5.41) is 2.30. The van der Waals surface area contributed by atoms with Crippen LogP contribution in [0.25, 0.3) is 22.6 Å². The maximum absolute atomic E-state index is 12.4. The average Bonchev–Trinajstić information content (AvgIpc) is 2.62. The van der Waals surface area contributed by atoms with E-state index in [-0.39, 0.29) is 5.89 Å².